The number of amides is 1. The van der Waals surface area contributed by atoms with Gasteiger partial charge in [0, 0.05) is 6.07 Å². The third-order valence-electron chi connectivity index (χ3n) is 3.42. The van der Waals surface area contributed by atoms with E-state index in [4.69, 9.17) is 15.2 Å². The van der Waals surface area contributed by atoms with Crippen LogP contribution in [0.15, 0.2) is 16.0 Å². The smallest absolute Gasteiger partial charge is 0.348 e. The Kier molecular flexibility index (Phi) is 7.79. The molecule has 2 rings (SSSR count). The highest BCUT2D eigenvalue weighted by Crippen LogP contribution is 2.34. The maximum atomic E-state index is 12.4. The molecule has 2 heterocycles. The Morgan fingerprint density at radius 3 is 2.52 bits per heavy atom. The number of nitrogens with zero attached hydrogens (tertiary/aromatic N) is 1. The van der Waals surface area contributed by atoms with Crippen molar-refractivity contribution in [1.82, 2.24) is 9.97 Å². The SMILES string of the molecule is CCOC(=O)c1sc(NC(=O)CSc2nc(N)cc(=O)[nH]2)c(C(=O)OCC)c1C. The molecule has 29 heavy (non-hydrogen) atoms. The largest absolute Gasteiger partial charge is 0.462 e. The second kappa shape index (κ2) is 10.1. The maximum Gasteiger partial charge on any atom is 0.348 e. The summed E-state index contributed by atoms with van der Waals surface area (Å²) in [6.45, 7) is 5.22. The van der Waals surface area contributed by atoms with E-state index in [-0.39, 0.29) is 45.4 Å². The highest BCUT2D eigenvalue weighted by Gasteiger charge is 2.27. The average molecular weight is 441 g/mol. The van der Waals surface area contributed by atoms with E-state index in [1.807, 2.05) is 0 Å². The van der Waals surface area contributed by atoms with Gasteiger partial charge in [0.15, 0.2) is 5.16 Å². The summed E-state index contributed by atoms with van der Waals surface area (Å²) in [5.74, 6) is -1.78. The van der Waals surface area contributed by atoms with Crippen LogP contribution in [0, 0.1) is 6.92 Å². The van der Waals surface area contributed by atoms with Crippen molar-refractivity contribution in [3.8, 4) is 0 Å². The Hall–Kier alpha value is -2.86. The number of hydrogen-bond donors (Lipinski definition) is 3. The predicted octanol–water partition coefficient (Wildman–Crippen LogP) is 1.81. The third kappa shape index (κ3) is 5.81. The molecule has 0 spiro atoms. The van der Waals surface area contributed by atoms with Gasteiger partial charge in [0.1, 0.15) is 15.7 Å². The summed E-state index contributed by atoms with van der Waals surface area (Å²) >= 11 is 1.90. The van der Waals surface area contributed by atoms with Gasteiger partial charge < -0.3 is 25.5 Å². The molecule has 0 fully saturated rings. The van der Waals surface area contributed by atoms with Crippen LogP contribution in [0.1, 0.15) is 39.4 Å². The number of carbonyl (C=O) groups excluding carboxylic acids is 3. The fourth-order valence-electron chi connectivity index (χ4n) is 2.26. The minimum atomic E-state index is -0.651. The lowest BCUT2D eigenvalue weighted by Gasteiger charge is -2.07. The number of rotatable bonds is 8. The number of nitrogens with two attached hydrogens (primary N) is 1. The van der Waals surface area contributed by atoms with E-state index in [0.717, 1.165) is 29.2 Å². The summed E-state index contributed by atoms with van der Waals surface area (Å²) < 4.78 is 10.0. The van der Waals surface area contributed by atoms with Gasteiger partial charge in [-0.25, -0.2) is 14.6 Å². The zero-order valence-electron chi connectivity index (χ0n) is 16.0. The van der Waals surface area contributed by atoms with Crippen LogP contribution < -0.4 is 16.6 Å². The standard InChI is InChI=1S/C17H20N4O6S2/c1-4-26-15(24)12-8(3)13(16(25)27-5-2)29-14(12)20-11(23)7-28-17-19-9(18)6-10(22)21-17/h6H,4-5,7H2,1-3H3,(H,20,23)(H3,18,19,21,22). The van der Waals surface area contributed by atoms with Gasteiger partial charge in [0.05, 0.1) is 24.5 Å². The molecule has 12 heteroatoms. The van der Waals surface area contributed by atoms with Gasteiger partial charge in [0.2, 0.25) is 5.91 Å². The van der Waals surface area contributed by atoms with E-state index in [1.165, 1.54) is 0 Å². The van der Waals surface area contributed by atoms with E-state index in [0.29, 0.717) is 5.56 Å². The van der Waals surface area contributed by atoms with E-state index in [2.05, 4.69) is 15.3 Å². The van der Waals surface area contributed by atoms with Crippen molar-refractivity contribution in [3.05, 3.63) is 32.4 Å². The second-order valence-corrected chi connectivity index (χ2v) is 7.50. The van der Waals surface area contributed by atoms with Gasteiger partial charge in [0.25, 0.3) is 5.56 Å². The molecule has 0 aromatic carbocycles. The van der Waals surface area contributed by atoms with Crippen molar-refractivity contribution in [1.29, 1.82) is 0 Å². The lowest BCUT2D eigenvalue weighted by Crippen LogP contribution is -2.17. The lowest BCUT2D eigenvalue weighted by atomic mass is 10.1. The number of carbonyl (C=O) groups is 3. The molecule has 0 bridgehead atoms. The number of nitrogen functional groups attached to an aromatic ring is 1. The van der Waals surface area contributed by atoms with Crippen molar-refractivity contribution in [3.63, 3.8) is 0 Å². The molecule has 4 N–H and O–H groups in total. The molecule has 2 aromatic heterocycles. The van der Waals surface area contributed by atoms with E-state index < -0.39 is 23.4 Å². The minimum absolute atomic E-state index is 0.0363. The molecule has 1 amide bonds. The van der Waals surface area contributed by atoms with Crippen LogP contribution >= 0.6 is 23.1 Å². The molecule has 156 valence electrons. The number of anilines is 2. The molecule has 0 saturated carbocycles. The van der Waals surface area contributed by atoms with Crippen molar-refractivity contribution < 1.29 is 23.9 Å². The molecule has 0 aliphatic heterocycles. The number of aromatic nitrogens is 2. The first kappa shape index (κ1) is 22.4. The molecule has 10 nitrogen and oxygen atoms in total. The number of aromatic amines is 1. The number of thiophene rings is 1. The van der Waals surface area contributed by atoms with Gasteiger partial charge in [-0.15, -0.1) is 11.3 Å². The summed E-state index contributed by atoms with van der Waals surface area (Å²) in [5.41, 5.74) is 5.55. The average Bonchev–Trinajstić information content (AvgIpc) is 2.95. The fraction of sp³-hybridized carbons (Fsp3) is 0.353. The predicted molar refractivity (Wildman–Crippen MR) is 110 cm³/mol. The quantitative estimate of drug-likeness (QED) is 0.317. The van der Waals surface area contributed by atoms with E-state index in [9.17, 15) is 19.2 Å². The van der Waals surface area contributed by atoms with Crippen LogP contribution in [0.4, 0.5) is 10.8 Å². The fourth-order valence-corrected chi connectivity index (χ4v) is 4.05. The summed E-state index contributed by atoms with van der Waals surface area (Å²) in [6, 6.07) is 1.13. The van der Waals surface area contributed by atoms with E-state index in [1.54, 1.807) is 20.8 Å². The summed E-state index contributed by atoms with van der Waals surface area (Å²) in [6.07, 6.45) is 0. The first-order valence-electron chi connectivity index (χ1n) is 8.53. The molecule has 2 aromatic rings. The maximum absolute atomic E-state index is 12.4. The summed E-state index contributed by atoms with van der Waals surface area (Å²) in [5, 5.41) is 2.98. The molecular weight excluding hydrogens is 420 g/mol. The molecular formula is C17H20N4O6S2. The molecule has 0 unspecified atom stereocenters. The minimum Gasteiger partial charge on any atom is -0.462 e. The highest BCUT2D eigenvalue weighted by molar-refractivity contribution is 7.99. The van der Waals surface area contributed by atoms with Gasteiger partial charge in [-0.1, -0.05) is 11.8 Å². The third-order valence-corrected chi connectivity index (χ3v) is 5.48. The Morgan fingerprint density at radius 1 is 1.24 bits per heavy atom. The van der Waals surface area contributed by atoms with Crippen molar-refractivity contribution in [2.75, 3.05) is 30.0 Å². The van der Waals surface area contributed by atoms with E-state index >= 15 is 0 Å². The van der Waals surface area contributed by atoms with Crippen molar-refractivity contribution >= 4 is 51.8 Å². The second-order valence-electron chi connectivity index (χ2n) is 5.51. The number of hydrogen-bond acceptors (Lipinski definition) is 10. The lowest BCUT2D eigenvalue weighted by molar-refractivity contribution is -0.113. The molecule has 0 aliphatic carbocycles. The van der Waals surface area contributed by atoms with Crippen LogP contribution in [0.2, 0.25) is 0 Å². The first-order chi connectivity index (χ1) is 13.8. The highest BCUT2D eigenvalue weighted by atomic mass is 32.2. The van der Waals surface area contributed by atoms with Gasteiger partial charge >= 0.3 is 11.9 Å². The summed E-state index contributed by atoms with van der Waals surface area (Å²) in [4.78, 5) is 54.8. The Morgan fingerprint density at radius 2 is 1.90 bits per heavy atom. The Bertz CT molecular complexity index is 985. The van der Waals surface area contributed by atoms with Crippen molar-refractivity contribution in [2.24, 2.45) is 0 Å². The Balaban J connectivity index is 2.21. The van der Waals surface area contributed by atoms with Crippen LogP contribution in [-0.2, 0) is 14.3 Å². The zero-order chi connectivity index (χ0) is 21.6. The monoisotopic (exact) mass is 440 g/mol. The normalized spacial score (nSPS) is 10.4. The molecule has 0 atom stereocenters. The van der Waals surface area contributed by atoms with Crippen LogP contribution in [0.25, 0.3) is 0 Å². The Labute approximate surface area is 174 Å². The van der Waals surface area contributed by atoms with Gasteiger partial charge in [-0.05, 0) is 26.3 Å². The molecule has 0 radical (unpaired) electrons. The zero-order valence-corrected chi connectivity index (χ0v) is 17.6. The van der Waals surface area contributed by atoms with Crippen molar-refractivity contribution in [2.45, 2.75) is 25.9 Å². The number of ether oxygens (including phenoxy) is 2. The number of H-pyrrole nitrogens is 1. The van der Waals surface area contributed by atoms with Gasteiger partial charge in [-0.3, -0.25) is 9.59 Å². The van der Waals surface area contributed by atoms with Crippen LogP contribution in [-0.4, -0.2) is 46.8 Å². The molecule has 0 saturated heterocycles. The van der Waals surface area contributed by atoms with Crippen LogP contribution in [0.3, 0.4) is 0 Å². The number of nitrogens with one attached hydrogen (secondary N) is 2. The summed E-state index contributed by atoms with van der Waals surface area (Å²) in [7, 11) is 0. The number of esters is 2. The van der Waals surface area contributed by atoms with Crippen LogP contribution in [0.5, 0.6) is 0 Å². The molecule has 0 aliphatic rings. The first-order valence-corrected chi connectivity index (χ1v) is 10.3. The number of thioether (sulfide) groups is 1. The topological polar surface area (TPSA) is 153 Å². The van der Waals surface area contributed by atoms with Gasteiger partial charge in [-0.2, -0.15) is 0 Å².